The second-order valence-electron chi connectivity index (χ2n) is 5.27. The molecule has 0 radical (unpaired) electrons. The monoisotopic (exact) mass is 226 g/mol. The summed E-state index contributed by atoms with van der Waals surface area (Å²) in [5.41, 5.74) is 0. The molecular weight excluding hydrogens is 196 g/mol. The molecule has 0 bridgehead atoms. The van der Waals surface area contributed by atoms with Gasteiger partial charge in [-0.1, -0.05) is 33.1 Å². The first-order chi connectivity index (χ1) is 7.81. The van der Waals surface area contributed by atoms with Crippen LogP contribution < -0.4 is 5.32 Å². The Labute approximate surface area is 102 Å². The Morgan fingerprint density at radius 2 is 1.88 bits per heavy atom. The van der Waals surface area contributed by atoms with Gasteiger partial charge in [-0.05, 0) is 45.3 Å². The Morgan fingerprint density at radius 1 is 1.19 bits per heavy atom. The van der Waals surface area contributed by atoms with E-state index in [1.165, 1.54) is 51.6 Å². The van der Waals surface area contributed by atoms with Crippen molar-refractivity contribution in [1.29, 1.82) is 0 Å². The van der Waals surface area contributed by atoms with Gasteiger partial charge in [-0.2, -0.15) is 0 Å². The van der Waals surface area contributed by atoms with Crippen molar-refractivity contribution in [3.8, 4) is 0 Å². The second kappa shape index (κ2) is 8.08. The van der Waals surface area contributed by atoms with Gasteiger partial charge in [0, 0.05) is 12.6 Å². The van der Waals surface area contributed by atoms with Crippen molar-refractivity contribution in [3.05, 3.63) is 0 Å². The van der Waals surface area contributed by atoms with Crippen molar-refractivity contribution in [3.63, 3.8) is 0 Å². The molecule has 1 aliphatic heterocycles. The molecule has 0 spiro atoms. The predicted octanol–water partition coefficient (Wildman–Crippen LogP) is 2.89. The summed E-state index contributed by atoms with van der Waals surface area (Å²) in [5, 5.41) is 3.34. The summed E-state index contributed by atoms with van der Waals surface area (Å²) in [6.45, 7) is 8.43. The van der Waals surface area contributed by atoms with Crippen LogP contribution in [0.3, 0.4) is 0 Å². The zero-order valence-electron chi connectivity index (χ0n) is 11.5. The molecule has 16 heavy (non-hydrogen) atoms. The minimum Gasteiger partial charge on any atom is -0.318 e. The molecule has 0 aromatic carbocycles. The van der Waals surface area contributed by atoms with Gasteiger partial charge in [0.05, 0.1) is 0 Å². The van der Waals surface area contributed by atoms with Gasteiger partial charge in [0.1, 0.15) is 0 Å². The molecule has 0 aromatic rings. The van der Waals surface area contributed by atoms with Crippen LogP contribution in [0.5, 0.6) is 0 Å². The van der Waals surface area contributed by atoms with Crippen molar-refractivity contribution in [1.82, 2.24) is 10.2 Å². The van der Waals surface area contributed by atoms with Crippen LogP contribution in [0.1, 0.15) is 52.4 Å². The van der Waals surface area contributed by atoms with Crippen molar-refractivity contribution >= 4 is 0 Å². The van der Waals surface area contributed by atoms with E-state index in [4.69, 9.17) is 0 Å². The maximum absolute atomic E-state index is 3.34. The Hall–Kier alpha value is -0.0800. The van der Waals surface area contributed by atoms with E-state index in [9.17, 15) is 0 Å². The second-order valence-corrected chi connectivity index (χ2v) is 5.27. The SMILES string of the molecule is CCCC1CCN(C(CCC)CNC)CC1. The first-order valence-corrected chi connectivity index (χ1v) is 7.20. The lowest BCUT2D eigenvalue weighted by molar-refractivity contribution is 0.122. The van der Waals surface area contributed by atoms with Gasteiger partial charge < -0.3 is 5.32 Å². The predicted molar refractivity (Wildman–Crippen MR) is 71.8 cm³/mol. The molecule has 1 saturated heterocycles. The van der Waals surface area contributed by atoms with Gasteiger partial charge in [-0.25, -0.2) is 0 Å². The molecule has 1 aliphatic rings. The van der Waals surface area contributed by atoms with Gasteiger partial charge in [-0.15, -0.1) is 0 Å². The van der Waals surface area contributed by atoms with Crippen LogP contribution in [0, 0.1) is 5.92 Å². The first kappa shape index (κ1) is 14.0. The van der Waals surface area contributed by atoms with Crippen molar-refractivity contribution in [2.75, 3.05) is 26.7 Å². The van der Waals surface area contributed by atoms with Crippen molar-refractivity contribution in [2.45, 2.75) is 58.4 Å². The van der Waals surface area contributed by atoms with Gasteiger partial charge in [0.25, 0.3) is 0 Å². The number of likely N-dealkylation sites (tertiary alicyclic amines) is 1. The summed E-state index contributed by atoms with van der Waals surface area (Å²) >= 11 is 0. The molecule has 96 valence electrons. The molecule has 2 heteroatoms. The van der Waals surface area contributed by atoms with E-state index < -0.39 is 0 Å². The van der Waals surface area contributed by atoms with E-state index in [0.717, 1.165) is 18.5 Å². The largest absolute Gasteiger partial charge is 0.318 e. The van der Waals surface area contributed by atoms with E-state index in [1.807, 2.05) is 0 Å². The maximum atomic E-state index is 3.34. The Kier molecular flexibility index (Phi) is 7.06. The summed E-state index contributed by atoms with van der Waals surface area (Å²) in [5.74, 6) is 1.01. The fourth-order valence-corrected chi connectivity index (χ4v) is 3.00. The third kappa shape index (κ3) is 4.42. The topological polar surface area (TPSA) is 15.3 Å². The third-order valence-corrected chi connectivity index (χ3v) is 3.92. The minimum atomic E-state index is 0.776. The quantitative estimate of drug-likeness (QED) is 0.718. The normalized spacial score (nSPS) is 21.2. The number of nitrogens with one attached hydrogen (secondary N) is 1. The molecule has 2 nitrogen and oxygen atoms in total. The van der Waals surface area contributed by atoms with Crippen LogP contribution in [0.2, 0.25) is 0 Å². The summed E-state index contributed by atoms with van der Waals surface area (Å²) in [7, 11) is 2.08. The van der Waals surface area contributed by atoms with Crippen LogP contribution in [0.15, 0.2) is 0 Å². The fraction of sp³-hybridized carbons (Fsp3) is 1.00. The summed E-state index contributed by atoms with van der Waals surface area (Å²) < 4.78 is 0. The Balaban J connectivity index is 2.31. The minimum absolute atomic E-state index is 0.776. The van der Waals surface area contributed by atoms with Crippen LogP contribution in [0.4, 0.5) is 0 Å². The van der Waals surface area contributed by atoms with Crippen molar-refractivity contribution < 1.29 is 0 Å². The molecule has 1 heterocycles. The zero-order chi connectivity index (χ0) is 11.8. The number of likely N-dealkylation sites (N-methyl/N-ethyl adjacent to an activating group) is 1. The average Bonchev–Trinajstić information content (AvgIpc) is 2.30. The fourth-order valence-electron chi connectivity index (χ4n) is 3.00. The Morgan fingerprint density at radius 3 is 2.38 bits per heavy atom. The highest BCUT2D eigenvalue weighted by atomic mass is 15.2. The summed E-state index contributed by atoms with van der Waals surface area (Å²) in [6, 6.07) is 0.776. The van der Waals surface area contributed by atoms with E-state index >= 15 is 0 Å². The van der Waals surface area contributed by atoms with Gasteiger partial charge in [0.15, 0.2) is 0 Å². The highest BCUT2D eigenvalue weighted by Crippen LogP contribution is 2.23. The third-order valence-electron chi connectivity index (χ3n) is 3.92. The molecule has 1 rings (SSSR count). The number of rotatable bonds is 7. The lowest BCUT2D eigenvalue weighted by Crippen LogP contribution is -2.45. The van der Waals surface area contributed by atoms with E-state index in [1.54, 1.807) is 0 Å². The highest BCUT2D eigenvalue weighted by molar-refractivity contribution is 4.79. The van der Waals surface area contributed by atoms with Gasteiger partial charge >= 0.3 is 0 Å². The Bertz CT molecular complexity index is 156. The summed E-state index contributed by atoms with van der Waals surface area (Å²) in [4.78, 5) is 2.71. The lowest BCUT2D eigenvalue weighted by atomic mass is 9.91. The summed E-state index contributed by atoms with van der Waals surface area (Å²) in [6.07, 6.45) is 8.31. The molecule has 0 amide bonds. The lowest BCUT2D eigenvalue weighted by Gasteiger charge is -2.37. The average molecular weight is 226 g/mol. The van der Waals surface area contributed by atoms with Crippen LogP contribution >= 0.6 is 0 Å². The number of hydrogen-bond acceptors (Lipinski definition) is 2. The van der Waals surface area contributed by atoms with Crippen LogP contribution in [-0.2, 0) is 0 Å². The smallest absolute Gasteiger partial charge is 0.0220 e. The van der Waals surface area contributed by atoms with Gasteiger partial charge in [0.2, 0.25) is 0 Å². The molecule has 0 aromatic heterocycles. The highest BCUT2D eigenvalue weighted by Gasteiger charge is 2.23. The number of nitrogens with zero attached hydrogens (tertiary/aromatic N) is 1. The van der Waals surface area contributed by atoms with E-state index in [-0.39, 0.29) is 0 Å². The molecule has 1 atom stereocenters. The van der Waals surface area contributed by atoms with Crippen molar-refractivity contribution in [2.24, 2.45) is 5.92 Å². The van der Waals surface area contributed by atoms with Gasteiger partial charge in [-0.3, -0.25) is 4.90 Å². The molecule has 1 unspecified atom stereocenters. The van der Waals surface area contributed by atoms with E-state index in [0.29, 0.717) is 0 Å². The molecular formula is C14H30N2. The van der Waals surface area contributed by atoms with Crippen LogP contribution in [-0.4, -0.2) is 37.6 Å². The maximum Gasteiger partial charge on any atom is 0.0220 e. The van der Waals surface area contributed by atoms with Crippen LogP contribution in [0.25, 0.3) is 0 Å². The molecule has 1 fully saturated rings. The number of piperidine rings is 1. The molecule has 1 N–H and O–H groups in total. The standard InChI is InChI=1S/C14H30N2/c1-4-6-13-8-10-16(11-9-13)14(7-5-2)12-15-3/h13-15H,4-12H2,1-3H3. The zero-order valence-corrected chi connectivity index (χ0v) is 11.5. The first-order valence-electron chi connectivity index (χ1n) is 7.20. The molecule has 0 saturated carbocycles. The van der Waals surface area contributed by atoms with E-state index in [2.05, 4.69) is 31.1 Å². The number of hydrogen-bond donors (Lipinski definition) is 1. The molecule has 0 aliphatic carbocycles.